The molecular formula is C20H16N4O3S. The van der Waals surface area contributed by atoms with Gasteiger partial charge in [0.2, 0.25) is 5.91 Å². The normalized spacial score (nSPS) is 13.6. The average Bonchev–Trinajstić information content (AvgIpc) is 3.10. The number of thioether (sulfide) groups is 1. The van der Waals surface area contributed by atoms with Crippen molar-refractivity contribution in [1.29, 1.82) is 0 Å². The number of nitrogens with one attached hydrogen (secondary N) is 1. The van der Waals surface area contributed by atoms with Crippen LogP contribution in [0.5, 0.6) is 0 Å². The van der Waals surface area contributed by atoms with E-state index in [9.17, 15) is 14.4 Å². The van der Waals surface area contributed by atoms with Crippen LogP contribution in [-0.4, -0.2) is 37.5 Å². The smallest absolute Gasteiger partial charge is 0.237 e. The number of rotatable bonds is 4. The topological polar surface area (TPSA) is 93.9 Å². The minimum atomic E-state index is -0.419. The molecule has 140 valence electrons. The van der Waals surface area contributed by atoms with E-state index >= 15 is 0 Å². The van der Waals surface area contributed by atoms with Gasteiger partial charge in [0.15, 0.2) is 16.7 Å². The van der Waals surface area contributed by atoms with E-state index in [4.69, 9.17) is 0 Å². The van der Waals surface area contributed by atoms with Crippen molar-refractivity contribution in [3.8, 4) is 0 Å². The molecule has 0 radical (unpaired) electrons. The summed E-state index contributed by atoms with van der Waals surface area (Å²) in [7, 11) is 1.80. The zero-order valence-corrected chi connectivity index (χ0v) is 16.0. The molecule has 1 amide bonds. The van der Waals surface area contributed by atoms with Crippen LogP contribution in [0.15, 0.2) is 53.9 Å². The summed E-state index contributed by atoms with van der Waals surface area (Å²) in [5.74, 6) is -0.639. The molecule has 4 rings (SSSR count). The molecule has 0 fully saturated rings. The zero-order chi connectivity index (χ0) is 19.8. The molecule has 1 unspecified atom stereocenters. The van der Waals surface area contributed by atoms with Crippen LogP contribution in [0, 0.1) is 0 Å². The standard InChI is InChI=1S/C20H16N4O3S/c1-11(28-20-23-21-10-24(20)2)19(27)22-12-7-8-15-16(9-12)18(26)14-6-4-3-5-13(14)17(15)25/h3-11H,1-2H3,(H,22,27). The van der Waals surface area contributed by atoms with Gasteiger partial charge in [0.25, 0.3) is 0 Å². The maximum Gasteiger partial charge on any atom is 0.237 e. The number of hydrogen-bond acceptors (Lipinski definition) is 6. The molecule has 0 saturated carbocycles. The Morgan fingerprint density at radius 2 is 1.68 bits per heavy atom. The molecule has 2 aromatic carbocycles. The lowest BCUT2D eigenvalue weighted by molar-refractivity contribution is -0.115. The summed E-state index contributed by atoms with van der Waals surface area (Å²) in [5, 5.41) is 10.8. The van der Waals surface area contributed by atoms with Crippen LogP contribution in [0.3, 0.4) is 0 Å². The highest BCUT2D eigenvalue weighted by Gasteiger charge is 2.29. The molecule has 1 atom stereocenters. The van der Waals surface area contributed by atoms with Gasteiger partial charge in [-0.2, -0.15) is 0 Å². The SMILES string of the molecule is CC(Sc1nncn1C)C(=O)Nc1ccc2c(c1)C(=O)c1ccccc1C2=O. The lowest BCUT2D eigenvalue weighted by Crippen LogP contribution is -2.24. The third-order valence-electron chi connectivity index (χ3n) is 4.51. The minimum Gasteiger partial charge on any atom is -0.325 e. The molecule has 8 heteroatoms. The first-order valence-electron chi connectivity index (χ1n) is 8.59. The van der Waals surface area contributed by atoms with Gasteiger partial charge in [-0.1, -0.05) is 36.0 Å². The number of carbonyl (C=O) groups is 3. The number of anilines is 1. The molecule has 0 spiro atoms. The Kier molecular flexibility index (Phi) is 4.56. The van der Waals surface area contributed by atoms with E-state index in [1.165, 1.54) is 11.8 Å². The summed E-state index contributed by atoms with van der Waals surface area (Å²) >= 11 is 1.28. The number of hydrogen-bond donors (Lipinski definition) is 1. The van der Waals surface area contributed by atoms with Crippen molar-refractivity contribution in [2.24, 2.45) is 7.05 Å². The maximum absolute atomic E-state index is 12.8. The monoisotopic (exact) mass is 392 g/mol. The molecule has 1 aromatic heterocycles. The van der Waals surface area contributed by atoms with E-state index in [0.717, 1.165) is 0 Å². The first-order valence-corrected chi connectivity index (χ1v) is 9.47. The Balaban J connectivity index is 1.56. The van der Waals surface area contributed by atoms with Crippen molar-refractivity contribution in [2.75, 3.05) is 5.32 Å². The molecule has 1 aliphatic carbocycles. The minimum absolute atomic E-state index is 0.186. The van der Waals surface area contributed by atoms with Crippen LogP contribution >= 0.6 is 11.8 Å². The van der Waals surface area contributed by atoms with E-state index in [1.54, 1.807) is 67.3 Å². The lowest BCUT2D eigenvalue weighted by atomic mass is 9.84. The molecule has 28 heavy (non-hydrogen) atoms. The number of fused-ring (bicyclic) bond motifs is 2. The van der Waals surface area contributed by atoms with Gasteiger partial charge in [-0.3, -0.25) is 14.4 Å². The van der Waals surface area contributed by atoms with Crippen LogP contribution < -0.4 is 5.32 Å². The van der Waals surface area contributed by atoms with E-state index in [1.807, 2.05) is 0 Å². The Morgan fingerprint density at radius 1 is 1.04 bits per heavy atom. The van der Waals surface area contributed by atoms with Gasteiger partial charge in [-0.25, -0.2) is 0 Å². The number of aryl methyl sites for hydroxylation is 1. The summed E-state index contributed by atoms with van der Waals surface area (Å²) in [6.45, 7) is 1.76. The van der Waals surface area contributed by atoms with Gasteiger partial charge >= 0.3 is 0 Å². The first kappa shape index (κ1) is 18.1. The molecule has 1 N–H and O–H groups in total. The van der Waals surface area contributed by atoms with E-state index < -0.39 is 5.25 Å². The molecule has 7 nitrogen and oxygen atoms in total. The van der Waals surface area contributed by atoms with Crippen LogP contribution in [0.25, 0.3) is 0 Å². The van der Waals surface area contributed by atoms with Crippen LogP contribution in [-0.2, 0) is 11.8 Å². The average molecular weight is 392 g/mol. The predicted octanol–water partition coefficient (Wildman–Crippen LogP) is 2.71. The fourth-order valence-electron chi connectivity index (χ4n) is 3.01. The van der Waals surface area contributed by atoms with Crippen LogP contribution in [0.4, 0.5) is 5.69 Å². The van der Waals surface area contributed by atoms with E-state index in [0.29, 0.717) is 33.1 Å². The Bertz CT molecular complexity index is 1120. The van der Waals surface area contributed by atoms with E-state index in [2.05, 4.69) is 15.5 Å². The summed E-state index contributed by atoms with van der Waals surface area (Å²) in [6, 6.07) is 11.5. The lowest BCUT2D eigenvalue weighted by Gasteiger charge is -2.18. The highest BCUT2D eigenvalue weighted by molar-refractivity contribution is 8.00. The van der Waals surface area contributed by atoms with Crippen molar-refractivity contribution in [3.63, 3.8) is 0 Å². The highest BCUT2D eigenvalue weighted by Crippen LogP contribution is 2.29. The predicted molar refractivity (Wildman–Crippen MR) is 105 cm³/mol. The van der Waals surface area contributed by atoms with Gasteiger partial charge in [-0.15, -0.1) is 10.2 Å². The Hall–Kier alpha value is -3.26. The van der Waals surface area contributed by atoms with Crippen molar-refractivity contribution >= 4 is 34.9 Å². The second-order valence-corrected chi connectivity index (χ2v) is 7.75. The number of aromatic nitrogens is 3. The van der Waals surface area contributed by atoms with Crippen molar-refractivity contribution < 1.29 is 14.4 Å². The van der Waals surface area contributed by atoms with Crippen molar-refractivity contribution in [1.82, 2.24) is 14.8 Å². The summed E-state index contributed by atoms with van der Waals surface area (Å²) < 4.78 is 1.73. The summed E-state index contributed by atoms with van der Waals surface area (Å²) in [5.41, 5.74) is 1.91. The third-order valence-corrected chi connectivity index (χ3v) is 5.66. The number of amides is 1. The van der Waals surface area contributed by atoms with Crippen LogP contribution in [0.2, 0.25) is 0 Å². The molecule has 0 bridgehead atoms. The van der Waals surface area contributed by atoms with E-state index in [-0.39, 0.29) is 17.5 Å². The summed E-state index contributed by atoms with van der Waals surface area (Å²) in [4.78, 5) is 38.0. The molecule has 1 heterocycles. The molecular weight excluding hydrogens is 376 g/mol. The van der Waals surface area contributed by atoms with Crippen molar-refractivity contribution in [3.05, 3.63) is 71.0 Å². The van der Waals surface area contributed by atoms with Gasteiger partial charge in [0.1, 0.15) is 6.33 Å². The van der Waals surface area contributed by atoms with Gasteiger partial charge < -0.3 is 9.88 Å². The Labute approximate surface area is 165 Å². The quantitative estimate of drug-likeness (QED) is 0.537. The fraction of sp³-hybridized carbons (Fsp3) is 0.150. The second kappa shape index (κ2) is 7.05. The van der Waals surface area contributed by atoms with Gasteiger partial charge in [-0.05, 0) is 25.1 Å². The molecule has 0 saturated heterocycles. The summed E-state index contributed by atoms with van der Waals surface area (Å²) in [6.07, 6.45) is 1.57. The number of carbonyl (C=O) groups excluding carboxylic acids is 3. The van der Waals surface area contributed by atoms with Crippen molar-refractivity contribution in [2.45, 2.75) is 17.3 Å². The second-order valence-electron chi connectivity index (χ2n) is 6.44. The molecule has 0 aliphatic heterocycles. The molecule has 1 aliphatic rings. The third kappa shape index (κ3) is 3.11. The van der Waals surface area contributed by atoms with Gasteiger partial charge in [0, 0.05) is 35.0 Å². The number of benzene rings is 2. The first-order chi connectivity index (χ1) is 13.5. The fourth-order valence-corrected chi connectivity index (χ4v) is 3.80. The number of ketones is 2. The van der Waals surface area contributed by atoms with Gasteiger partial charge in [0.05, 0.1) is 5.25 Å². The largest absolute Gasteiger partial charge is 0.325 e. The maximum atomic E-state index is 12.8. The Morgan fingerprint density at radius 3 is 2.32 bits per heavy atom. The number of nitrogens with zero attached hydrogens (tertiary/aromatic N) is 3. The highest BCUT2D eigenvalue weighted by atomic mass is 32.2. The van der Waals surface area contributed by atoms with Crippen LogP contribution in [0.1, 0.15) is 38.8 Å². The zero-order valence-electron chi connectivity index (χ0n) is 15.2. The molecule has 3 aromatic rings.